The van der Waals surface area contributed by atoms with Crippen molar-refractivity contribution in [1.82, 2.24) is 5.32 Å². The van der Waals surface area contributed by atoms with Crippen LogP contribution in [0.3, 0.4) is 0 Å². The SMILES string of the molecule is CCC1(CNC2CC(C)CC(C)C2)CCCC1. The van der Waals surface area contributed by atoms with E-state index in [4.69, 9.17) is 0 Å². The Morgan fingerprint density at radius 2 is 1.59 bits per heavy atom. The van der Waals surface area contributed by atoms with Crippen LogP contribution in [0.2, 0.25) is 0 Å². The standard InChI is InChI=1S/C16H31N/c1-4-16(7-5-6-8-16)12-17-15-10-13(2)9-14(3)11-15/h13-15,17H,4-12H2,1-3H3. The second-order valence-electron chi connectivity index (χ2n) is 7.06. The molecule has 0 spiro atoms. The van der Waals surface area contributed by atoms with Gasteiger partial charge in [-0.15, -0.1) is 0 Å². The average molecular weight is 237 g/mol. The van der Waals surface area contributed by atoms with Crippen LogP contribution in [0.25, 0.3) is 0 Å². The summed E-state index contributed by atoms with van der Waals surface area (Å²) < 4.78 is 0. The second-order valence-corrected chi connectivity index (χ2v) is 7.06. The summed E-state index contributed by atoms with van der Waals surface area (Å²) in [5.41, 5.74) is 0.657. The smallest absolute Gasteiger partial charge is 0.00723 e. The molecule has 2 saturated carbocycles. The predicted molar refractivity (Wildman–Crippen MR) is 75.2 cm³/mol. The molecule has 0 radical (unpaired) electrons. The highest BCUT2D eigenvalue weighted by Crippen LogP contribution is 2.40. The molecule has 2 aliphatic rings. The molecule has 2 unspecified atom stereocenters. The normalized spacial score (nSPS) is 37.2. The molecule has 0 saturated heterocycles. The number of hydrogen-bond acceptors (Lipinski definition) is 1. The summed E-state index contributed by atoms with van der Waals surface area (Å²) in [6, 6.07) is 0.803. The van der Waals surface area contributed by atoms with E-state index in [2.05, 4.69) is 26.1 Å². The van der Waals surface area contributed by atoms with Gasteiger partial charge in [0.2, 0.25) is 0 Å². The zero-order chi connectivity index (χ0) is 12.3. The van der Waals surface area contributed by atoms with E-state index < -0.39 is 0 Å². The van der Waals surface area contributed by atoms with Crippen LogP contribution in [0.5, 0.6) is 0 Å². The van der Waals surface area contributed by atoms with Gasteiger partial charge in [0.15, 0.2) is 0 Å². The largest absolute Gasteiger partial charge is 0.313 e. The highest BCUT2D eigenvalue weighted by atomic mass is 14.9. The summed E-state index contributed by atoms with van der Waals surface area (Å²) in [5, 5.41) is 3.92. The minimum Gasteiger partial charge on any atom is -0.313 e. The lowest BCUT2D eigenvalue weighted by Gasteiger charge is -2.36. The van der Waals surface area contributed by atoms with Gasteiger partial charge >= 0.3 is 0 Å². The van der Waals surface area contributed by atoms with E-state index in [1.54, 1.807) is 0 Å². The molecule has 0 aliphatic heterocycles. The Bertz CT molecular complexity index is 220. The van der Waals surface area contributed by atoms with Gasteiger partial charge < -0.3 is 5.32 Å². The molecule has 2 aliphatic carbocycles. The number of rotatable bonds is 4. The quantitative estimate of drug-likeness (QED) is 0.765. The first-order chi connectivity index (χ1) is 8.13. The molecule has 0 aromatic rings. The van der Waals surface area contributed by atoms with Gasteiger partial charge in [0.25, 0.3) is 0 Å². The Balaban J connectivity index is 1.80. The van der Waals surface area contributed by atoms with Gasteiger partial charge in [-0.25, -0.2) is 0 Å². The zero-order valence-electron chi connectivity index (χ0n) is 12.1. The van der Waals surface area contributed by atoms with Crippen LogP contribution in [0.1, 0.15) is 72.1 Å². The topological polar surface area (TPSA) is 12.0 Å². The third-order valence-electron chi connectivity index (χ3n) is 5.36. The predicted octanol–water partition coefficient (Wildman–Crippen LogP) is 4.37. The summed E-state index contributed by atoms with van der Waals surface area (Å²) in [4.78, 5) is 0. The van der Waals surface area contributed by atoms with Gasteiger partial charge in [0.05, 0.1) is 0 Å². The van der Waals surface area contributed by atoms with E-state index in [1.165, 1.54) is 57.9 Å². The lowest BCUT2D eigenvalue weighted by Crippen LogP contribution is -2.42. The third kappa shape index (κ3) is 3.47. The molecule has 2 atom stereocenters. The van der Waals surface area contributed by atoms with Crippen molar-refractivity contribution < 1.29 is 0 Å². The Kier molecular flexibility index (Phi) is 4.52. The van der Waals surface area contributed by atoms with E-state index in [0.717, 1.165) is 17.9 Å². The van der Waals surface area contributed by atoms with Crippen molar-refractivity contribution in [3.05, 3.63) is 0 Å². The Labute approximate surface area is 108 Å². The van der Waals surface area contributed by atoms with E-state index in [-0.39, 0.29) is 0 Å². The average Bonchev–Trinajstić information content (AvgIpc) is 2.74. The highest BCUT2D eigenvalue weighted by Gasteiger charge is 2.33. The summed E-state index contributed by atoms with van der Waals surface area (Å²) in [7, 11) is 0. The van der Waals surface area contributed by atoms with Crippen molar-refractivity contribution in [3.8, 4) is 0 Å². The molecule has 17 heavy (non-hydrogen) atoms. The van der Waals surface area contributed by atoms with Gasteiger partial charge in [-0.05, 0) is 55.8 Å². The van der Waals surface area contributed by atoms with Crippen LogP contribution in [0, 0.1) is 17.3 Å². The Morgan fingerprint density at radius 1 is 1.00 bits per heavy atom. The molecule has 1 nitrogen and oxygen atoms in total. The Morgan fingerprint density at radius 3 is 2.12 bits per heavy atom. The Hall–Kier alpha value is -0.0400. The molecule has 0 aromatic carbocycles. The van der Waals surface area contributed by atoms with Crippen LogP contribution in [-0.4, -0.2) is 12.6 Å². The minimum absolute atomic E-state index is 0.657. The summed E-state index contributed by atoms with van der Waals surface area (Å²) in [5.74, 6) is 1.86. The van der Waals surface area contributed by atoms with Gasteiger partial charge in [0, 0.05) is 12.6 Å². The van der Waals surface area contributed by atoms with E-state index >= 15 is 0 Å². The highest BCUT2D eigenvalue weighted by molar-refractivity contribution is 4.88. The van der Waals surface area contributed by atoms with Crippen molar-refractivity contribution in [2.24, 2.45) is 17.3 Å². The van der Waals surface area contributed by atoms with Gasteiger partial charge in [-0.1, -0.05) is 33.6 Å². The monoisotopic (exact) mass is 237 g/mol. The first-order valence-electron chi connectivity index (χ1n) is 7.87. The van der Waals surface area contributed by atoms with Crippen LogP contribution in [0.4, 0.5) is 0 Å². The maximum Gasteiger partial charge on any atom is 0.00723 e. The fourth-order valence-corrected chi connectivity index (χ4v) is 4.25. The number of nitrogens with one attached hydrogen (secondary N) is 1. The van der Waals surface area contributed by atoms with Crippen LogP contribution in [-0.2, 0) is 0 Å². The number of hydrogen-bond donors (Lipinski definition) is 1. The molecule has 0 aromatic heterocycles. The maximum atomic E-state index is 3.92. The van der Waals surface area contributed by atoms with Crippen molar-refractivity contribution >= 4 is 0 Å². The summed E-state index contributed by atoms with van der Waals surface area (Å²) in [6.07, 6.45) is 11.5. The van der Waals surface area contributed by atoms with E-state index in [0.29, 0.717) is 5.41 Å². The van der Waals surface area contributed by atoms with E-state index in [9.17, 15) is 0 Å². The van der Waals surface area contributed by atoms with Crippen molar-refractivity contribution in [2.75, 3.05) is 6.54 Å². The first kappa shape index (κ1) is 13.4. The van der Waals surface area contributed by atoms with E-state index in [1.807, 2.05) is 0 Å². The minimum atomic E-state index is 0.657. The molecule has 100 valence electrons. The van der Waals surface area contributed by atoms with Crippen molar-refractivity contribution in [2.45, 2.75) is 78.2 Å². The van der Waals surface area contributed by atoms with Gasteiger partial charge in [0.1, 0.15) is 0 Å². The third-order valence-corrected chi connectivity index (χ3v) is 5.36. The summed E-state index contributed by atoms with van der Waals surface area (Å²) in [6.45, 7) is 8.53. The molecule has 2 rings (SSSR count). The molecule has 1 N–H and O–H groups in total. The maximum absolute atomic E-state index is 3.92. The lowest BCUT2D eigenvalue weighted by atomic mass is 9.79. The lowest BCUT2D eigenvalue weighted by molar-refractivity contribution is 0.199. The molecular weight excluding hydrogens is 206 g/mol. The second kappa shape index (κ2) is 5.73. The fraction of sp³-hybridized carbons (Fsp3) is 1.00. The van der Waals surface area contributed by atoms with Crippen molar-refractivity contribution in [3.63, 3.8) is 0 Å². The molecule has 0 amide bonds. The van der Waals surface area contributed by atoms with Crippen molar-refractivity contribution in [1.29, 1.82) is 0 Å². The van der Waals surface area contributed by atoms with Crippen LogP contribution < -0.4 is 5.32 Å². The van der Waals surface area contributed by atoms with Gasteiger partial charge in [-0.2, -0.15) is 0 Å². The molecule has 0 heterocycles. The molecule has 1 heteroatoms. The van der Waals surface area contributed by atoms with Crippen LogP contribution >= 0.6 is 0 Å². The zero-order valence-corrected chi connectivity index (χ0v) is 12.1. The first-order valence-corrected chi connectivity index (χ1v) is 7.87. The van der Waals surface area contributed by atoms with Crippen LogP contribution in [0.15, 0.2) is 0 Å². The molecule has 0 bridgehead atoms. The molecular formula is C16H31N. The summed E-state index contributed by atoms with van der Waals surface area (Å²) >= 11 is 0. The fourth-order valence-electron chi connectivity index (χ4n) is 4.25. The van der Waals surface area contributed by atoms with Gasteiger partial charge in [-0.3, -0.25) is 0 Å². The molecule has 2 fully saturated rings.